The van der Waals surface area contributed by atoms with E-state index in [2.05, 4.69) is 16.0 Å². The second kappa shape index (κ2) is 4.95. The zero-order valence-corrected chi connectivity index (χ0v) is 10.9. The average molecular weight is 251 g/mol. The molecule has 0 bridgehead atoms. The lowest BCUT2D eigenvalue weighted by molar-refractivity contribution is 0.106. The van der Waals surface area contributed by atoms with Gasteiger partial charge in [-0.25, -0.2) is 4.98 Å². The molecule has 0 amide bonds. The number of pyridine rings is 1. The lowest BCUT2D eigenvalue weighted by atomic mass is 9.91. The smallest absolute Gasteiger partial charge is 0.129 e. The molecular formula is C14H19ClN2. The predicted octanol–water partition coefficient (Wildman–Crippen LogP) is 3.50. The number of halogens is 1. The van der Waals surface area contributed by atoms with Gasteiger partial charge in [-0.05, 0) is 55.8 Å². The minimum absolute atomic E-state index is 0.613. The number of nitrogens with zero attached hydrogens (tertiary/aromatic N) is 2. The monoisotopic (exact) mass is 250 g/mol. The highest BCUT2D eigenvalue weighted by atomic mass is 35.5. The summed E-state index contributed by atoms with van der Waals surface area (Å²) >= 11 is 5.94. The molecule has 2 aliphatic rings. The number of aromatic nitrogens is 1. The molecule has 1 aromatic heterocycles. The summed E-state index contributed by atoms with van der Waals surface area (Å²) in [5, 5.41) is 0.613. The Bertz CT molecular complexity index is 394. The van der Waals surface area contributed by atoms with Gasteiger partial charge in [-0.1, -0.05) is 18.0 Å². The molecule has 17 heavy (non-hydrogen) atoms. The standard InChI is InChI=1S/C14H19ClN2/c15-14-9-11(6-7-16-14)10-17-8-2-4-12-3-1-5-13(12)17/h6-7,9,12-13H,1-5,8,10H2. The van der Waals surface area contributed by atoms with Gasteiger partial charge in [0.25, 0.3) is 0 Å². The summed E-state index contributed by atoms with van der Waals surface area (Å²) in [4.78, 5) is 6.71. The van der Waals surface area contributed by atoms with Gasteiger partial charge in [0, 0.05) is 18.8 Å². The highest BCUT2D eigenvalue weighted by molar-refractivity contribution is 6.29. The van der Waals surface area contributed by atoms with Gasteiger partial charge in [-0.15, -0.1) is 0 Å². The molecule has 3 rings (SSSR count). The Morgan fingerprint density at radius 2 is 2.18 bits per heavy atom. The van der Waals surface area contributed by atoms with Crippen molar-refractivity contribution in [2.75, 3.05) is 6.54 Å². The number of hydrogen-bond acceptors (Lipinski definition) is 2. The second-order valence-corrected chi connectivity index (χ2v) is 5.75. The summed E-state index contributed by atoms with van der Waals surface area (Å²) in [7, 11) is 0. The topological polar surface area (TPSA) is 16.1 Å². The van der Waals surface area contributed by atoms with Gasteiger partial charge < -0.3 is 0 Å². The molecule has 92 valence electrons. The van der Waals surface area contributed by atoms with Crippen LogP contribution in [0.5, 0.6) is 0 Å². The summed E-state index contributed by atoms with van der Waals surface area (Å²) in [5.41, 5.74) is 1.30. The van der Waals surface area contributed by atoms with Crippen LogP contribution in [0.1, 0.15) is 37.7 Å². The van der Waals surface area contributed by atoms with Crippen LogP contribution in [0.4, 0.5) is 0 Å². The van der Waals surface area contributed by atoms with E-state index >= 15 is 0 Å². The first-order valence-corrected chi connectivity index (χ1v) is 7.05. The molecule has 0 radical (unpaired) electrons. The van der Waals surface area contributed by atoms with Gasteiger partial charge in [-0.2, -0.15) is 0 Å². The lowest BCUT2D eigenvalue weighted by Crippen LogP contribution is -2.41. The van der Waals surface area contributed by atoms with Crippen molar-refractivity contribution in [1.29, 1.82) is 0 Å². The second-order valence-electron chi connectivity index (χ2n) is 5.36. The van der Waals surface area contributed by atoms with Crippen LogP contribution >= 0.6 is 11.6 Å². The van der Waals surface area contributed by atoms with Crippen molar-refractivity contribution in [1.82, 2.24) is 9.88 Å². The van der Waals surface area contributed by atoms with Gasteiger partial charge in [0.05, 0.1) is 0 Å². The number of fused-ring (bicyclic) bond motifs is 1. The van der Waals surface area contributed by atoms with Crippen molar-refractivity contribution in [2.45, 2.75) is 44.7 Å². The van der Waals surface area contributed by atoms with Gasteiger partial charge in [0.15, 0.2) is 0 Å². The van der Waals surface area contributed by atoms with E-state index < -0.39 is 0 Å². The molecule has 2 heterocycles. The summed E-state index contributed by atoms with van der Waals surface area (Å²) in [6.07, 6.45) is 8.87. The summed E-state index contributed by atoms with van der Waals surface area (Å²) in [6, 6.07) is 4.92. The molecule has 1 aliphatic carbocycles. The van der Waals surface area contributed by atoms with Crippen LogP contribution < -0.4 is 0 Å². The van der Waals surface area contributed by atoms with Crippen molar-refractivity contribution in [3.63, 3.8) is 0 Å². The molecule has 1 saturated carbocycles. The molecule has 1 aliphatic heterocycles. The van der Waals surface area contributed by atoms with E-state index in [1.165, 1.54) is 44.2 Å². The maximum Gasteiger partial charge on any atom is 0.129 e. The maximum absolute atomic E-state index is 5.94. The third-order valence-corrected chi connectivity index (χ3v) is 4.49. The first-order chi connectivity index (χ1) is 8.33. The van der Waals surface area contributed by atoms with Crippen LogP contribution in [0.3, 0.4) is 0 Å². The summed E-state index contributed by atoms with van der Waals surface area (Å²) < 4.78 is 0. The number of hydrogen-bond donors (Lipinski definition) is 0. The molecule has 0 aromatic carbocycles. The third kappa shape index (κ3) is 2.48. The van der Waals surface area contributed by atoms with Crippen molar-refractivity contribution >= 4 is 11.6 Å². The van der Waals surface area contributed by atoms with Crippen LogP contribution in [0, 0.1) is 5.92 Å². The average Bonchev–Trinajstić information content (AvgIpc) is 2.78. The van der Waals surface area contributed by atoms with Crippen molar-refractivity contribution in [3.8, 4) is 0 Å². The lowest BCUT2D eigenvalue weighted by Gasteiger charge is -2.37. The van der Waals surface area contributed by atoms with Crippen molar-refractivity contribution in [2.24, 2.45) is 5.92 Å². The van der Waals surface area contributed by atoms with E-state index in [0.29, 0.717) is 5.15 Å². The van der Waals surface area contributed by atoms with Crippen LogP contribution in [-0.4, -0.2) is 22.5 Å². The minimum atomic E-state index is 0.613. The molecule has 3 heteroatoms. The highest BCUT2D eigenvalue weighted by Gasteiger charge is 2.34. The maximum atomic E-state index is 5.94. The zero-order chi connectivity index (χ0) is 11.7. The van der Waals surface area contributed by atoms with Gasteiger partial charge in [-0.3, -0.25) is 4.90 Å². The fourth-order valence-corrected chi connectivity index (χ4v) is 3.73. The van der Waals surface area contributed by atoms with E-state index in [4.69, 9.17) is 11.6 Å². The van der Waals surface area contributed by atoms with E-state index in [1.807, 2.05) is 12.3 Å². The van der Waals surface area contributed by atoms with Crippen LogP contribution in [0.2, 0.25) is 5.15 Å². The van der Waals surface area contributed by atoms with Crippen molar-refractivity contribution < 1.29 is 0 Å². The van der Waals surface area contributed by atoms with E-state index in [1.54, 1.807) is 0 Å². The van der Waals surface area contributed by atoms with Crippen LogP contribution in [0.25, 0.3) is 0 Å². The van der Waals surface area contributed by atoms with Gasteiger partial charge in [0.2, 0.25) is 0 Å². The molecule has 1 saturated heterocycles. The Labute approximate surface area is 108 Å². The predicted molar refractivity (Wildman–Crippen MR) is 70.0 cm³/mol. The van der Waals surface area contributed by atoms with E-state index in [-0.39, 0.29) is 0 Å². The van der Waals surface area contributed by atoms with Gasteiger partial charge >= 0.3 is 0 Å². The highest BCUT2D eigenvalue weighted by Crippen LogP contribution is 2.37. The first kappa shape index (κ1) is 11.5. The fraction of sp³-hybridized carbons (Fsp3) is 0.643. The van der Waals surface area contributed by atoms with E-state index in [9.17, 15) is 0 Å². The Kier molecular flexibility index (Phi) is 3.34. The number of piperidine rings is 1. The third-order valence-electron chi connectivity index (χ3n) is 4.28. The van der Waals surface area contributed by atoms with Crippen LogP contribution in [-0.2, 0) is 6.54 Å². The molecule has 1 aromatic rings. The Morgan fingerprint density at radius 1 is 1.29 bits per heavy atom. The molecule has 2 atom stereocenters. The largest absolute Gasteiger partial charge is 0.296 e. The van der Waals surface area contributed by atoms with Gasteiger partial charge in [0.1, 0.15) is 5.15 Å². The van der Waals surface area contributed by atoms with E-state index in [0.717, 1.165) is 18.5 Å². The quantitative estimate of drug-likeness (QED) is 0.747. The minimum Gasteiger partial charge on any atom is -0.296 e. The molecule has 0 spiro atoms. The molecule has 0 N–H and O–H groups in total. The summed E-state index contributed by atoms with van der Waals surface area (Å²) in [6.45, 7) is 2.30. The number of likely N-dealkylation sites (tertiary alicyclic amines) is 1. The Hall–Kier alpha value is -0.600. The molecule has 2 unspecified atom stereocenters. The SMILES string of the molecule is Clc1cc(CN2CCCC3CCCC32)ccn1. The van der Waals surface area contributed by atoms with Crippen molar-refractivity contribution in [3.05, 3.63) is 29.0 Å². The zero-order valence-electron chi connectivity index (χ0n) is 10.1. The fourth-order valence-electron chi connectivity index (χ4n) is 3.53. The normalized spacial score (nSPS) is 29.2. The Morgan fingerprint density at radius 3 is 3.06 bits per heavy atom. The molecule has 2 nitrogen and oxygen atoms in total. The summed E-state index contributed by atoms with van der Waals surface area (Å²) in [5.74, 6) is 0.959. The first-order valence-electron chi connectivity index (χ1n) is 6.67. The number of rotatable bonds is 2. The Balaban J connectivity index is 1.71. The molecule has 2 fully saturated rings. The molecular weight excluding hydrogens is 232 g/mol. The van der Waals surface area contributed by atoms with Crippen LogP contribution in [0.15, 0.2) is 18.3 Å².